The minimum absolute atomic E-state index is 0.147. The second-order valence-corrected chi connectivity index (χ2v) is 6.44. The van der Waals surface area contributed by atoms with Gasteiger partial charge in [0.05, 0.1) is 6.54 Å². The Morgan fingerprint density at radius 2 is 1.89 bits per heavy atom. The van der Waals surface area contributed by atoms with Gasteiger partial charge in [0, 0.05) is 12.1 Å². The number of rotatable bonds is 7. The Morgan fingerprint density at radius 1 is 1.21 bits per heavy atom. The molecule has 0 spiro atoms. The van der Waals surface area contributed by atoms with Crippen molar-refractivity contribution in [3.05, 3.63) is 0 Å². The Bertz CT molecular complexity index is 265. The molecule has 0 aromatic heterocycles. The average Bonchev–Trinajstić information content (AvgIpc) is 2.36. The van der Waals surface area contributed by atoms with Crippen LogP contribution in [0.2, 0.25) is 0 Å². The van der Waals surface area contributed by atoms with Crippen LogP contribution in [0.5, 0.6) is 0 Å². The van der Waals surface area contributed by atoms with Crippen LogP contribution < -0.4 is 10.6 Å². The lowest BCUT2D eigenvalue weighted by Gasteiger charge is -2.35. The average molecular weight is 268 g/mol. The molecule has 1 saturated carbocycles. The SMILES string of the molecule is CCCC(C)NC(=O)CNC1CCCCC1C(C)C. The molecule has 1 amide bonds. The first-order valence-corrected chi connectivity index (χ1v) is 8.07. The summed E-state index contributed by atoms with van der Waals surface area (Å²) in [4.78, 5) is 11.9. The highest BCUT2D eigenvalue weighted by molar-refractivity contribution is 5.78. The summed E-state index contributed by atoms with van der Waals surface area (Å²) in [6.45, 7) is 9.30. The van der Waals surface area contributed by atoms with Crippen molar-refractivity contribution in [3.63, 3.8) is 0 Å². The lowest BCUT2D eigenvalue weighted by Crippen LogP contribution is -2.46. The number of nitrogens with one attached hydrogen (secondary N) is 2. The van der Waals surface area contributed by atoms with Crippen LogP contribution in [0.4, 0.5) is 0 Å². The van der Waals surface area contributed by atoms with E-state index in [1.807, 2.05) is 0 Å². The van der Waals surface area contributed by atoms with Crippen molar-refractivity contribution in [2.24, 2.45) is 11.8 Å². The van der Waals surface area contributed by atoms with Crippen molar-refractivity contribution >= 4 is 5.91 Å². The third kappa shape index (κ3) is 5.94. The largest absolute Gasteiger partial charge is 0.353 e. The molecule has 0 aromatic carbocycles. The van der Waals surface area contributed by atoms with Crippen molar-refractivity contribution in [1.29, 1.82) is 0 Å². The molecule has 1 rings (SSSR count). The van der Waals surface area contributed by atoms with E-state index >= 15 is 0 Å². The first-order chi connectivity index (χ1) is 9.04. The van der Waals surface area contributed by atoms with Gasteiger partial charge < -0.3 is 10.6 Å². The van der Waals surface area contributed by atoms with Crippen molar-refractivity contribution in [2.45, 2.75) is 78.3 Å². The molecule has 3 atom stereocenters. The predicted molar refractivity (Wildman–Crippen MR) is 81.1 cm³/mol. The molecule has 0 aliphatic heterocycles. The van der Waals surface area contributed by atoms with Crippen LogP contribution in [0, 0.1) is 11.8 Å². The number of carbonyl (C=O) groups is 1. The molecule has 2 N–H and O–H groups in total. The zero-order valence-electron chi connectivity index (χ0n) is 13.2. The molecule has 1 aliphatic carbocycles. The van der Waals surface area contributed by atoms with E-state index in [4.69, 9.17) is 0 Å². The van der Waals surface area contributed by atoms with Gasteiger partial charge in [0.15, 0.2) is 0 Å². The molecule has 0 bridgehead atoms. The minimum atomic E-state index is 0.147. The molecule has 1 fully saturated rings. The number of hydrogen-bond donors (Lipinski definition) is 2. The molecular formula is C16H32N2O. The van der Waals surface area contributed by atoms with Crippen molar-refractivity contribution < 1.29 is 4.79 Å². The normalized spacial score (nSPS) is 25.3. The van der Waals surface area contributed by atoms with Gasteiger partial charge in [-0.3, -0.25) is 4.79 Å². The fraction of sp³-hybridized carbons (Fsp3) is 0.938. The monoisotopic (exact) mass is 268 g/mol. The van der Waals surface area contributed by atoms with Crippen LogP contribution in [-0.2, 0) is 4.79 Å². The molecule has 3 unspecified atom stereocenters. The molecule has 19 heavy (non-hydrogen) atoms. The summed E-state index contributed by atoms with van der Waals surface area (Å²) in [5.41, 5.74) is 0. The van der Waals surface area contributed by atoms with Gasteiger partial charge >= 0.3 is 0 Å². The topological polar surface area (TPSA) is 41.1 Å². The Balaban J connectivity index is 2.31. The Labute approximate surface area is 118 Å². The summed E-state index contributed by atoms with van der Waals surface area (Å²) >= 11 is 0. The highest BCUT2D eigenvalue weighted by Crippen LogP contribution is 2.29. The fourth-order valence-corrected chi connectivity index (χ4v) is 3.27. The van der Waals surface area contributed by atoms with Crippen LogP contribution in [0.15, 0.2) is 0 Å². The van der Waals surface area contributed by atoms with Gasteiger partial charge in [0.2, 0.25) is 5.91 Å². The van der Waals surface area contributed by atoms with Crippen molar-refractivity contribution in [3.8, 4) is 0 Å². The van der Waals surface area contributed by atoms with Crippen LogP contribution in [-0.4, -0.2) is 24.5 Å². The Kier molecular flexibility index (Phi) is 7.44. The van der Waals surface area contributed by atoms with E-state index < -0.39 is 0 Å². The van der Waals surface area contributed by atoms with Gasteiger partial charge in [-0.05, 0) is 38.0 Å². The Morgan fingerprint density at radius 3 is 2.53 bits per heavy atom. The van der Waals surface area contributed by atoms with Crippen LogP contribution in [0.1, 0.15) is 66.2 Å². The highest BCUT2D eigenvalue weighted by Gasteiger charge is 2.27. The van der Waals surface area contributed by atoms with E-state index in [-0.39, 0.29) is 5.91 Å². The molecule has 0 heterocycles. The molecule has 0 radical (unpaired) electrons. The van der Waals surface area contributed by atoms with Gasteiger partial charge in [-0.25, -0.2) is 0 Å². The molecule has 1 aliphatic rings. The van der Waals surface area contributed by atoms with E-state index in [9.17, 15) is 4.79 Å². The zero-order valence-corrected chi connectivity index (χ0v) is 13.2. The van der Waals surface area contributed by atoms with E-state index in [0.717, 1.165) is 18.8 Å². The maximum atomic E-state index is 11.9. The summed E-state index contributed by atoms with van der Waals surface area (Å²) in [5.74, 6) is 1.59. The molecule has 0 saturated heterocycles. The number of carbonyl (C=O) groups excluding carboxylic acids is 1. The quantitative estimate of drug-likeness (QED) is 0.745. The molecule has 112 valence electrons. The van der Waals surface area contributed by atoms with Crippen molar-refractivity contribution in [1.82, 2.24) is 10.6 Å². The molecule has 0 aromatic rings. The summed E-state index contributed by atoms with van der Waals surface area (Å²) in [7, 11) is 0. The maximum Gasteiger partial charge on any atom is 0.234 e. The maximum absolute atomic E-state index is 11.9. The van der Waals surface area contributed by atoms with Gasteiger partial charge in [0.25, 0.3) is 0 Å². The van der Waals surface area contributed by atoms with Gasteiger partial charge in [-0.15, -0.1) is 0 Å². The smallest absolute Gasteiger partial charge is 0.234 e. The standard InChI is InChI=1S/C16H32N2O/c1-5-8-13(4)18-16(19)11-17-15-10-7-6-9-14(15)12(2)3/h12-15,17H,5-11H2,1-4H3,(H,18,19). The summed E-state index contributed by atoms with van der Waals surface area (Å²) in [5, 5.41) is 6.55. The van der Waals surface area contributed by atoms with Crippen LogP contribution >= 0.6 is 0 Å². The Hall–Kier alpha value is -0.570. The summed E-state index contributed by atoms with van der Waals surface area (Å²) < 4.78 is 0. The number of amides is 1. The molecule has 3 heteroatoms. The minimum Gasteiger partial charge on any atom is -0.353 e. The van der Waals surface area contributed by atoms with Crippen LogP contribution in [0.3, 0.4) is 0 Å². The molecular weight excluding hydrogens is 236 g/mol. The first-order valence-electron chi connectivity index (χ1n) is 8.07. The van der Waals surface area contributed by atoms with Crippen molar-refractivity contribution in [2.75, 3.05) is 6.54 Å². The second kappa shape index (κ2) is 8.57. The predicted octanol–water partition coefficient (Wildman–Crippen LogP) is 3.10. The van der Waals surface area contributed by atoms with Crippen LogP contribution in [0.25, 0.3) is 0 Å². The zero-order chi connectivity index (χ0) is 14.3. The third-order valence-electron chi connectivity index (χ3n) is 4.33. The van der Waals surface area contributed by atoms with E-state index in [1.54, 1.807) is 0 Å². The number of hydrogen-bond acceptors (Lipinski definition) is 2. The lowest BCUT2D eigenvalue weighted by molar-refractivity contribution is -0.121. The highest BCUT2D eigenvalue weighted by atomic mass is 16.1. The lowest BCUT2D eigenvalue weighted by atomic mass is 9.78. The van der Waals surface area contributed by atoms with Gasteiger partial charge in [-0.1, -0.05) is 40.0 Å². The third-order valence-corrected chi connectivity index (χ3v) is 4.33. The van der Waals surface area contributed by atoms with E-state index in [0.29, 0.717) is 24.5 Å². The van der Waals surface area contributed by atoms with E-state index in [2.05, 4.69) is 38.3 Å². The van der Waals surface area contributed by atoms with Gasteiger partial charge in [-0.2, -0.15) is 0 Å². The van der Waals surface area contributed by atoms with E-state index in [1.165, 1.54) is 25.7 Å². The first kappa shape index (κ1) is 16.5. The summed E-state index contributed by atoms with van der Waals surface area (Å²) in [6, 6.07) is 0.826. The summed E-state index contributed by atoms with van der Waals surface area (Å²) in [6.07, 6.45) is 7.36. The molecule has 3 nitrogen and oxygen atoms in total. The second-order valence-electron chi connectivity index (χ2n) is 6.44. The fourth-order valence-electron chi connectivity index (χ4n) is 3.27. The van der Waals surface area contributed by atoms with Gasteiger partial charge in [0.1, 0.15) is 0 Å².